The Morgan fingerprint density at radius 1 is 1.29 bits per heavy atom. The maximum absolute atomic E-state index is 12.3. The maximum atomic E-state index is 12.3. The topological polar surface area (TPSA) is 47.3 Å². The van der Waals surface area contributed by atoms with Gasteiger partial charge in [-0.25, -0.2) is 0 Å². The second-order valence-corrected chi connectivity index (χ2v) is 4.83. The van der Waals surface area contributed by atoms with Crippen LogP contribution in [0.5, 0.6) is 0 Å². The van der Waals surface area contributed by atoms with Gasteiger partial charge in [-0.1, -0.05) is 27.7 Å². The van der Waals surface area contributed by atoms with Gasteiger partial charge in [-0.2, -0.15) is 14.8 Å². The third kappa shape index (κ3) is 1.95. The summed E-state index contributed by atoms with van der Waals surface area (Å²) in [6.45, 7) is 7.90. The molecule has 2 rings (SSSR count). The lowest BCUT2D eigenvalue weighted by Crippen LogP contribution is -2.10. The van der Waals surface area contributed by atoms with Crippen LogP contribution in [0.15, 0.2) is 18.3 Å². The van der Waals surface area contributed by atoms with Crippen molar-refractivity contribution < 1.29 is 4.79 Å². The molecule has 0 radical (unpaired) electrons. The van der Waals surface area contributed by atoms with Crippen LogP contribution in [0.25, 0.3) is 5.52 Å². The molecule has 0 N–H and O–H groups in total. The van der Waals surface area contributed by atoms with Gasteiger partial charge >= 0.3 is 0 Å². The van der Waals surface area contributed by atoms with Crippen molar-refractivity contribution in [2.45, 2.75) is 33.6 Å². The van der Waals surface area contributed by atoms with E-state index in [-0.39, 0.29) is 17.6 Å². The van der Waals surface area contributed by atoms with Gasteiger partial charge in [-0.15, -0.1) is 0 Å². The molecular formula is C13H17N3O. The molecule has 0 aliphatic heterocycles. The van der Waals surface area contributed by atoms with Crippen LogP contribution >= 0.6 is 0 Å². The number of hydrogen-bond donors (Lipinski definition) is 0. The van der Waals surface area contributed by atoms with Gasteiger partial charge in [-0.3, -0.25) is 4.79 Å². The minimum absolute atomic E-state index is 0.0271. The minimum atomic E-state index is -0.0271. The van der Waals surface area contributed by atoms with Crippen molar-refractivity contribution in [3.05, 3.63) is 29.6 Å². The molecule has 4 heteroatoms. The average Bonchev–Trinajstić information content (AvgIpc) is 2.67. The van der Waals surface area contributed by atoms with E-state index in [1.807, 2.05) is 39.8 Å². The summed E-state index contributed by atoms with van der Waals surface area (Å²) in [6.07, 6.45) is 1.67. The average molecular weight is 231 g/mol. The quantitative estimate of drug-likeness (QED) is 0.763. The largest absolute Gasteiger partial charge is 0.294 e. The van der Waals surface area contributed by atoms with Gasteiger partial charge in [0.2, 0.25) is 0 Å². The van der Waals surface area contributed by atoms with E-state index in [2.05, 4.69) is 10.2 Å². The van der Waals surface area contributed by atoms with Gasteiger partial charge in [0.25, 0.3) is 0 Å². The predicted molar refractivity (Wildman–Crippen MR) is 66.2 cm³/mol. The standard InChI is InChI=1S/C13H17N3O/c1-8(2)12-11(13(17)9(3)4)10-6-5-7-14-16(10)15-12/h5-9H,1-4H3. The Hall–Kier alpha value is -1.71. The number of rotatable bonds is 3. The lowest BCUT2D eigenvalue weighted by Gasteiger charge is -2.06. The van der Waals surface area contributed by atoms with E-state index < -0.39 is 0 Å². The molecule has 0 aliphatic carbocycles. The number of nitrogens with zero attached hydrogens (tertiary/aromatic N) is 3. The highest BCUT2D eigenvalue weighted by Crippen LogP contribution is 2.24. The van der Waals surface area contributed by atoms with E-state index in [9.17, 15) is 4.79 Å². The van der Waals surface area contributed by atoms with E-state index in [0.717, 1.165) is 16.8 Å². The molecule has 0 aliphatic rings. The third-order valence-electron chi connectivity index (χ3n) is 2.76. The van der Waals surface area contributed by atoms with E-state index in [1.54, 1.807) is 10.8 Å². The monoisotopic (exact) mass is 231 g/mol. The molecule has 4 nitrogen and oxygen atoms in total. The van der Waals surface area contributed by atoms with Crippen molar-refractivity contribution in [1.82, 2.24) is 14.8 Å². The highest BCUT2D eigenvalue weighted by molar-refractivity contribution is 6.04. The zero-order chi connectivity index (χ0) is 12.6. The van der Waals surface area contributed by atoms with Crippen LogP contribution in [-0.4, -0.2) is 20.6 Å². The van der Waals surface area contributed by atoms with Crippen molar-refractivity contribution in [3.63, 3.8) is 0 Å². The van der Waals surface area contributed by atoms with E-state index >= 15 is 0 Å². The number of Topliss-reactive ketones (excluding diaryl/α,β-unsaturated/α-hetero) is 1. The lowest BCUT2D eigenvalue weighted by molar-refractivity contribution is 0.0939. The molecule has 2 aromatic rings. The molecule has 0 atom stereocenters. The Kier molecular flexibility index (Phi) is 2.96. The summed E-state index contributed by atoms with van der Waals surface area (Å²) in [5, 5.41) is 8.54. The fraction of sp³-hybridized carbons (Fsp3) is 0.462. The summed E-state index contributed by atoms with van der Waals surface area (Å²) >= 11 is 0. The van der Waals surface area contributed by atoms with Crippen LogP contribution in [0.2, 0.25) is 0 Å². The second kappa shape index (κ2) is 4.28. The van der Waals surface area contributed by atoms with Crippen LogP contribution < -0.4 is 0 Å². The Labute approximate surface area is 101 Å². The first-order valence-corrected chi connectivity index (χ1v) is 5.90. The minimum Gasteiger partial charge on any atom is -0.294 e. The van der Waals surface area contributed by atoms with Crippen LogP contribution in [-0.2, 0) is 0 Å². The van der Waals surface area contributed by atoms with E-state index in [1.165, 1.54) is 0 Å². The molecule has 0 saturated carbocycles. The predicted octanol–water partition coefficient (Wildman–Crippen LogP) is 2.69. The summed E-state index contributed by atoms with van der Waals surface area (Å²) < 4.78 is 1.55. The van der Waals surface area contributed by atoms with Gasteiger partial charge < -0.3 is 0 Å². The van der Waals surface area contributed by atoms with Crippen molar-refractivity contribution in [1.29, 1.82) is 0 Å². The molecule has 0 bridgehead atoms. The Morgan fingerprint density at radius 2 is 2.00 bits per heavy atom. The van der Waals surface area contributed by atoms with Crippen LogP contribution in [0.3, 0.4) is 0 Å². The molecule has 0 amide bonds. The van der Waals surface area contributed by atoms with Gasteiger partial charge in [-0.05, 0) is 18.1 Å². The first-order valence-electron chi connectivity index (χ1n) is 5.90. The molecule has 0 unspecified atom stereocenters. The van der Waals surface area contributed by atoms with Crippen molar-refractivity contribution in [2.75, 3.05) is 0 Å². The van der Waals surface area contributed by atoms with Crippen LogP contribution in [0, 0.1) is 5.92 Å². The lowest BCUT2D eigenvalue weighted by atomic mass is 9.95. The normalized spacial score (nSPS) is 11.6. The Morgan fingerprint density at radius 3 is 2.59 bits per heavy atom. The number of hydrogen-bond acceptors (Lipinski definition) is 3. The third-order valence-corrected chi connectivity index (χ3v) is 2.76. The molecule has 0 fully saturated rings. The zero-order valence-electron chi connectivity index (χ0n) is 10.6. The van der Waals surface area contributed by atoms with Gasteiger partial charge in [0.1, 0.15) is 0 Å². The molecule has 90 valence electrons. The van der Waals surface area contributed by atoms with Gasteiger partial charge in [0.05, 0.1) is 16.8 Å². The molecule has 2 heterocycles. The molecule has 0 aromatic carbocycles. The molecule has 17 heavy (non-hydrogen) atoms. The van der Waals surface area contributed by atoms with Gasteiger partial charge in [0, 0.05) is 12.1 Å². The van der Waals surface area contributed by atoms with Crippen molar-refractivity contribution >= 4 is 11.3 Å². The first-order chi connectivity index (χ1) is 8.02. The number of carbonyl (C=O) groups excluding carboxylic acids is 1. The summed E-state index contributed by atoms with van der Waals surface area (Å²) in [4.78, 5) is 12.3. The summed E-state index contributed by atoms with van der Waals surface area (Å²) in [7, 11) is 0. The summed E-state index contributed by atoms with van der Waals surface area (Å²) in [5.74, 6) is 0.326. The van der Waals surface area contributed by atoms with Crippen molar-refractivity contribution in [2.24, 2.45) is 5.92 Å². The Balaban J connectivity index is 2.72. The van der Waals surface area contributed by atoms with E-state index in [0.29, 0.717) is 0 Å². The highest BCUT2D eigenvalue weighted by atomic mass is 16.1. The molecule has 0 spiro atoms. The number of fused-ring (bicyclic) bond motifs is 1. The number of aromatic nitrogens is 3. The fourth-order valence-electron chi connectivity index (χ4n) is 1.86. The fourth-order valence-corrected chi connectivity index (χ4v) is 1.86. The summed E-state index contributed by atoms with van der Waals surface area (Å²) in [5.41, 5.74) is 2.36. The van der Waals surface area contributed by atoms with Gasteiger partial charge in [0.15, 0.2) is 5.78 Å². The second-order valence-electron chi connectivity index (χ2n) is 4.83. The Bertz CT molecular complexity index is 555. The number of carbonyl (C=O) groups is 1. The van der Waals surface area contributed by atoms with Crippen LogP contribution in [0.4, 0.5) is 0 Å². The van der Waals surface area contributed by atoms with E-state index in [4.69, 9.17) is 0 Å². The van der Waals surface area contributed by atoms with Crippen molar-refractivity contribution in [3.8, 4) is 0 Å². The first kappa shape index (κ1) is 11.8. The molecule has 2 aromatic heterocycles. The molecular weight excluding hydrogens is 214 g/mol. The molecule has 0 saturated heterocycles. The highest BCUT2D eigenvalue weighted by Gasteiger charge is 2.23. The maximum Gasteiger partial charge on any atom is 0.169 e. The summed E-state index contributed by atoms with van der Waals surface area (Å²) in [6, 6.07) is 3.72. The SMILES string of the molecule is CC(C)C(=O)c1c(C(C)C)nn2ncccc12. The zero-order valence-corrected chi connectivity index (χ0v) is 10.6. The number of ketones is 1. The smallest absolute Gasteiger partial charge is 0.169 e. The van der Waals surface area contributed by atoms with Crippen LogP contribution in [0.1, 0.15) is 49.7 Å².